The van der Waals surface area contributed by atoms with Gasteiger partial charge in [-0.05, 0) is 60.9 Å². The fourth-order valence-electron chi connectivity index (χ4n) is 4.48. The fraction of sp³-hybridized carbons (Fsp3) is 0.520. The van der Waals surface area contributed by atoms with Crippen molar-refractivity contribution >= 4 is 11.8 Å². The first-order chi connectivity index (χ1) is 15.5. The molecule has 0 aromatic heterocycles. The van der Waals surface area contributed by atoms with E-state index in [0.29, 0.717) is 29.6 Å². The van der Waals surface area contributed by atoms with Gasteiger partial charge in [0.05, 0.1) is 46.0 Å². The van der Waals surface area contributed by atoms with Gasteiger partial charge in [-0.3, -0.25) is 0 Å². The van der Waals surface area contributed by atoms with Gasteiger partial charge >= 0.3 is 0 Å². The predicted octanol–water partition coefficient (Wildman–Crippen LogP) is 5.25. The minimum absolute atomic E-state index is 0.000818. The van der Waals surface area contributed by atoms with Gasteiger partial charge in [0.2, 0.25) is 5.75 Å². The van der Waals surface area contributed by atoms with Crippen molar-refractivity contribution in [2.75, 3.05) is 41.3 Å². The topological polar surface area (TPSA) is 66.4 Å². The van der Waals surface area contributed by atoms with Crippen molar-refractivity contribution in [1.82, 2.24) is 0 Å². The maximum absolute atomic E-state index is 11.4. The van der Waals surface area contributed by atoms with Crippen LogP contribution in [0.15, 0.2) is 29.2 Å². The lowest BCUT2D eigenvalue weighted by Gasteiger charge is -2.23. The summed E-state index contributed by atoms with van der Waals surface area (Å²) in [6.45, 7) is 2.72. The van der Waals surface area contributed by atoms with Crippen LogP contribution in [-0.4, -0.2) is 52.5 Å². The predicted molar refractivity (Wildman–Crippen MR) is 127 cm³/mol. The van der Waals surface area contributed by atoms with Crippen molar-refractivity contribution in [3.8, 4) is 28.7 Å². The molecule has 1 aliphatic carbocycles. The van der Waals surface area contributed by atoms with E-state index in [4.69, 9.17) is 23.7 Å². The molecule has 1 N–H and O–H groups in total. The highest BCUT2D eigenvalue weighted by Gasteiger charge is 2.38. The van der Waals surface area contributed by atoms with E-state index in [-0.39, 0.29) is 11.8 Å². The summed E-state index contributed by atoms with van der Waals surface area (Å²) >= 11 is 1.63. The first-order valence-corrected chi connectivity index (χ1v) is 12.1. The van der Waals surface area contributed by atoms with Crippen molar-refractivity contribution in [3.63, 3.8) is 0 Å². The Morgan fingerprint density at radius 2 is 1.31 bits per heavy atom. The van der Waals surface area contributed by atoms with Gasteiger partial charge in [-0.1, -0.05) is 6.92 Å². The Labute approximate surface area is 195 Å². The van der Waals surface area contributed by atoms with Crippen LogP contribution < -0.4 is 23.7 Å². The summed E-state index contributed by atoms with van der Waals surface area (Å²) in [5.41, 5.74) is 2.05. The standard InChI is InChI=1S/C25H34O6S/c1-7-10-31-25-21(29-4)13-16(14-22(25)32-6)18-9-8-17(23(18)26)15-11-19(27-2)24(30-5)20(12-15)28-3/h11-14,17-18,23,26H,7-10H2,1-6H3/t17?,18-,23-/m0/s1. The lowest BCUT2D eigenvalue weighted by molar-refractivity contribution is 0.145. The van der Waals surface area contributed by atoms with Crippen molar-refractivity contribution < 1.29 is 28.8 Å². The second-order valence-corrected chi connectivity index (χ2v) is 8.69. The first-order valence-electron chi connectivity index (χ1n) is 10.9. The Morgan fingerprint density at radius 3 is 1.75 bits per heavy atom. The van der Waals surface area contributed by atoms with Gasteiger partial charge in [-0.15, -0.1) is 11.8 Å². The number of aliphatic hydroxyl groups is 1. The molecule has 6 nitrogen and oxygen atoms in total. The van der Waals surface area contributed by atoms with Crippen molar-refractivity contribution in [2.45, 2.75) is 49.0 Å². The maximum Gasteiger partial charge on any atom is 0.203 e. The van der Waals surface area contributed by atoms with Crippen LogP contribution in [0.2, 0.25) is 0 Å². The molecule has 32 heavy (non-hydrogen) atoms. The summed E-state index contributed by atoms with van der Waals surface area (Å²) in [5.74, 6) is 3.21. The van der Waals surface area contributed by atoms with Gasteiger partial charge in [0.25, 0.3) is 0 Å². The molecular weight excluding hydrogens is 428 g/mol. The van der Waals surface area contributed by atoms with Gasteiger partial charge < -0.3 is 28.8 Å². The monoisotopic (exact) mass is 462 g/mol. The molecule has 0 spiro atoms. The number of ether oxygens (including phenoxy) is 5. The number of hydrogen-bond acceptors (Lipinski definition) is 7. The fourth-order valence-corrected chi connectivity index (χ4v) is 5.08. The Hall–Kier alpha value is -2.25. The Morgan fingerprint density at radius 1 is 0.812 bits per heavy atom. The summed E-state index contributed by atoms with van der Waals surface area (Å²) in [4.78, 5) is 1.02. The smallest absolute Gasteiger partial charge is 0.203 e. The highest BCUT2D eigenvalue weighted by Crippen LogP contribution is 2.50. The van der Waals surface area contributed by atoms with Crippen molar-refractivity contribution in [2.24, 2.45) is 0 Å². The van der Waals surface area contributed by atoms with Crippen LogP contribution in [0.5, 0.6) is 28.7 Å². The van der Waals surface area contributed by atoms with Gasteiger partial charge in [-0.25, -0.2) is 0 Å². The molecule has 176 valence electrons. The normalized spacial score (nSPS) is 20.2. The molecule has 7 heteroatoms. The van der Waals surface area contributed by atoms with Gasteiger partial charge in [0.15, 0.2) is 23.0 Å². The molecule has 0 amide bonds. The summed E-state index contributed by atoms with van der Waals surface area (Å²) < 4.78 is 28.1. The minimum atomic E-state index is -0.542. The van der Waals surface area contributed by atoms with Gasteiger partial charge in [0.1, 0.15) is 0 Å². The van der Waals surface area contributed by atoms with Crippen LogP contribution >= 0.6 is 11.8 Å². The number of rotatable bonds is 10. The molecule has 3 rings (SSSR count). The highest BCUT2D eigenvalue weighted by atomic mass is 32.2. The quantitative estimate of drug-likeness (QED) is 0.484. The highest BCUT2D eigenvalue weighted by molar-refractivity contribution is 7.98. The average molecular weight is 463 g/mol. The first kappa shape index (κ1) is 24.4. The van der Waals surface area contributed by atoms with Crippen LogP contribution in [0.4, 0.5) is 0 Å². The van der Waals surface area contributed by atoms with Crippen LogP contribution in [0.1, 0.15) is 49.1 Å². The molecule has 0 radical (unpaired) electrons. The van der Waals surface area contributed by atoms with Crippen LogP contribution in [0.25, 0.3) is 0 Å². The van der Waals surface area contributed by atoms with E-state index in [9.17, 15) is 5.11 Å². The van der Waals surface area contributed by atoms with E-state index in [1.54, 1.807) is 40.2 Å². The summed E-state index contributed by atoms with van der Waals surface area (Å²) in [6.07, 6.45) is 4.14. The molecule has 2 aromatic rings. The number of benzene rings is 2. The Balaban J connectivity index is 1.94. The zero-order valence-corrected chi connectivity index (χ0v) is 20.6. The van der Waals surface area contributed by atoms with Crippen molar-refractivity contribution in [3.05, 3.63) is 35.4 Å². The third-order valence-corrected chi connectivity index (χ3v) is 6.83. The largest absolute Gasteiger partial charge is 0.493 e. The van der Waals surface area contributed by atoms with Crippen molar-refractivity contribution in [1.29, 1.82) is 0 Å². The minimum Gasteiger partial charge on any atom is -0.493 e. The molecular formula is C25H34O6S. The second-order valence-electron chi connectivity index (χ2n) is 7.84. The number of hydrogen-bond donors (Lipinski definition) is 1. The molecule has 3 atom stereocenters. The third-order valence-electron chi connectivity index (χ3n) is 6.09. The second kappa shape index (κ2) is 11.1. The molecule has 0 aliphatic heterocycles. The molecule has 2 aromatic carbocycles. The molecule has 1 aliphatic rings. The SMILES string of the molecule is CCCOc1c(OC)cc([C@@H]2CCC(c3cc(OC)c(OC)c(OC)c3)[C@@H]2O)cc1SC. The van der Waals surface area contributed by atoms with E-state index in [1.807, 2.05) is 24.5 Å². The van der Waals surface area contributed by atoms with Crippen LogP contribution in [0.3, 0.4) is 0 Å². The van der Waals surface area contributed by atoms with E-state index in [1.165, 1.54) is 0 Å². The lowest BCUT2D eigenvalue weighted by Crippen LogP contribution is -2.19. The molecule has 1 unspecified atom stereocenters. The Bertz CT molecular complexity index is 865. The van der Waals surface area contributed by atoms with E-state index >= 15 is 0 Å². The Kier molecular flexibility index (Phi) is 8.43. The lowest BCUT2D eigenvalue weighted by atomic mass is 9.89. The zero-order chi connectivity index (χ0) is 23.3. The summed E-state index contributed by atoms with van der Waals surface area (Å²) in [6, 6.07) is 8.01. The maximum atomic E-state index is 11.4. The number of methoxy groups -OCH3 is 4. The molecule has 1 fully saturated rings. The average Bonchev–Trinajstić information content (AvgIpc) is 3.22. The van der Waals surface area contributed by atoms with E-state index in [0.717, 1.165) is 41.0 Å². The third kappa shape index (κ3) is 4.74. The van der Waals surface area contributed by atoms with Crippen LogP contribution in [0, 0.1) is 0 Å². The van der Waals surface area contributed by atoms with Gasteiger partial charge in [0, 0.05) is 11.8 Å². The van der Waals surface area contributed by atoms with E-state index in [2.05, 4.69) is 13.0 Å². The number of thioether (sulfide) groups is 1. The van der Waals surface area contributed by atoms with Gasteiger partial charge in [-0.2, -0.15) is 0 Å². The zero-order valence-electron chi connectivity index (χ0n) is 19.8. The van der Waals surface area contributed by atoms with Crippen LogP contribution in [-0.2, 0) is 0 Å². The summed E-state index contributed by atoms with van der Waals surface area (Å²) in [7, 11) is 6.46. The molecule has 0 heterocycles. The summed E-state index contributed by atoms with van der Waals surface area (Å²) in [5, 5.41) is 11.4. The molecule has 0 bridgehead atoms. The number of aliphatic hydroxyl groups excluding tert-OH is 1. The van der Waals surface area contributed by atoms with E-state index < -0.39 is 6.10 Å². The molecule has 0 saturated heterocycles. The molecule has 1 saturated carbocycles.